The number of hydrogen-bond donors (Lipinski definition) is 2. The number of benzene rings is 2. The first-order valence-corrected chi connectivity index (χ1v) is 6.38. The van der Waals surface area contributed by atoms with E-state index in [1.165, 1.54) is 5.56 Å². The maximum atomic E-state index is 10.1. The molecule has 2 aromatic carbocycles. The van der Waals surface area contributed by atoms with Gasteiger partial charge in [0.1, 0.15) is 18.7 Å². The number of hydrogen-bond acceptors (Lipinski definition) is 1. The lowest BCUT2D eigenvalue weighted by Gasteiger charge is -2.14. The lowest BCUT2D eigenvalue weighted by atomic mass is 10.1. The van der Waals surface area contributed by atoms with Crippen molar-refractivity contribution >= 4 is 0 Å². The van der Waals surface area contributed by atoms with Crippen molar-refractivity contribution in [1.82, 2.24) is 0 Å². The van der Waals surface area contributed by atoms with E-state index in [1.807, 2.05) is 48.5 Å². The second-order valence-corrected chi connectivity index (χ2v) is 4.60. The smallest absolute Gasteiger partial charge is 0.128 e. The van der Waals surface area contributed by atoms with Crippen LogP contribution >= 0.6 is 0 Å². The van der Waals surface area contributed by atoms with Crippen LogP contribution in [-0.2, 0) is 0 Å². The quantitative estimate of drug-likeness (QED) is 0.827. The third-order valence-electron chi connectivity index (χ3n) is 3.22. The van der Waals surface area contributed by atoms with Crippen LogP contribution in [0.4, 0.5) is 0 Å². The molecule has 94 valence electrons. The van der Waals surface area contributed by atoms with Crippen molar-refractivity contribution < 1.29 is 10.4 Å². The number of rotatable bonds is 5. The van der Waals surface area contributed by atoms with E-state index in [9.17, 15) is 5.11 Å². The summed E-state index contributed by atoms with van der Waals surface area (Å²) >= 11 is 0. The molecule has 18 heavy (non-hydrogen) atoms. The number of quaternary nitrogens is 1. The molecule has 0 fully saturated rings. The highest BCUT2D eigenvalue weighted by Gasteiger charge is 2.13. The van der Waals surface area contributed by atoms with Gasteiger partial charge < -0.3 is 10.4 Å². The first-order valence-electron chi connectivity index (χ1n) is 6.38. The fourth-order valence-corrected chi connectivity index (χ4v) is 2.04. The topological polar surface area (TPSA) is 36.8 Å². The van der Waals surface area contributed by atoms with Crippen LogP contribution in [0.2, 0.25) is 0 Å². The monoisotopic (exact) mass is 242 g/mol. The molecular formula is C16H20NO+. The van der Waals surface area contributed by atoms with Crippen molar-refractivity contribution in [1.29, 1.82) is 0 Å². The van der Waals surface area contributed by atoms with Crippen LogP contribution in [0.25, 0.3) is 0 Å². The maximum absolute atomic E-state index is 10.1. The standard InChI is InChI=1S/C16H19NO/c1-13(14-8-4-2-5-9-14)17-12-16(18)15-10-6-3-7-11-15/h2-11,13,16-18H,12H2,1H3/p+1/t13-,16-/m0/s1. The van der Waals surface area contributed by atoms with E-state index in [4.69, 9.17) is 0 Å². The van der Waals surface area contributed by atoms with E-state index in [0.717, 1.165) is 5.56 Å². The largest absolute Gasteiger partial charge is 0.382 e. The van der Waals surface area contributed by atoms with Crippen LogP contribution < -0.4 is 5.32 Å². The van der Waals surface area contributed by atoms with Gasteiger partial charge in [-0.3, -0.25) is 0 Å². The van der Waals surface area contributed by atoms with Gasteiger partial charge in [0, 0.05) is 5.56 Å². The molecule has 0 radical (unpaired) electrons. The minimum Gasteiger partial charge on any atom is -0.382 e. The molecule has 2 rings (SSSR count). The Hall–Kier alpha value is -1.64. The van der Waals surface area contributed by atoms with Gasteiger partial charge in [-0.15, -0.1) is 0 Å². The van der Waals surface area contributed by atoms with Crippen molar-refractivity contribution in [3.8, 4) is 0 Å². The summed E-state index contributed by atoms with van der Waals surface area (Å²) in [4.78, 5) is 0. The highest BCUT2D eigenvalue weighted by atomic mass is 16.3. The van der Waals surface area contributed by atoms with Gasteiger partial charge in [0.25, 0.3) is 0 Å². The Kier molecular flexibility index (Phi) is 4.51. The van der Waals surface area contributed by atoms with Gasteiger partial charge in [0.05, 0.1) is 0 Å². The SMILES string of the molecule is C[C@H]([NH2+]C[C@H](O)c1ccccc1)c1ccccc1. The van der Waals surface area contributed by atoms with Crippen molar-refractivity contribution in [2.75, 3.05) is 6.54 Å². The molecular weight excluding hydrogens is 222 g/mol. The summed E-state index contributed by atoms with van der Waals surface area (Å²) in [7, 11) is 0. The highest BCUT2D eigenvalue weighted by molar-refractivity contribution is 5.18. The van der Waals surface area contributed by atoms with Crippen molar-refractivity contribution in [2.45, 2.75) is 19.1 Å². The summed E-state index contributed by atoms with van der Waals surface area (Å²) in [6.45, 7) is 2.84. The zero-order valence-corrected chi connectivity index (χ0v) is 10.7. The number of aliphatic hydroxyl groups excluding tert-OH is 1. The van der Waals surface area contributed by atoms with Gasteiger partial charge in [0.15, 0.2) is 0 Å². The molecule has 0 aliphatic heterocycles. The fraction of sp³-hybridized carbons (Fsp3) is 0.250. The van der Waals surface area contributed by atoms with Crippen LogP contribution in [0.15, 0.2) is 60.7 Å². The lowest BCUT2D eigenvalue weighted by Crippen LogP contribution is -2.85. The van der Waals surface area contributed by atoms with E-state index in [0.29, 0.717) is 12.6 Å². The molecule has 0 bridgehead atoms. The van der Waals surface area contributed by atoms with Crippen molar-refractivity contribution in [3.05, 3.63) is 71.8 Å². The Morgan fingerprint density at radius 3 is 1.94 bits per heavy atom. The van der Waals surface area contributed by atoms with E-state index >= 15 is 0 Å². The van der Waals surface area contributed by atoms with Crippen molar-refractivity contribution in [2.24, 2.45) is 0 Å². The molecule has 0 saturated carbocycles. The maximum Gasteiger partial charge on any atom is 0.128 e. The van der Waals surface area contributed by atoms with Gasteiger partial charge in [-0.05, 0) is 12.5 Å². The molecule has 2 aromatic rings. The average Bonchev–Trinajstić information content (AvgIpc) is 2.46. The van der Waals surface area contributed by atoms with E-state index in [-0.39, 0.29) is 0 Å². The molecule has 0 saturated heterocycles. The summed E-state index contributed by atoms with van der Waals surface area (Å²) in [5.41, 5.74) is 2.27. The predicted octanol–water partition coefficient (Wildman–Crippen LogP) is 2.04. The molecule has 2 heteroatoms. The molecule has 0 amide bonds. The minimum atomic E-state index is -0.405. The van der Waals surface area contributed by atoms with Crippen LogP contribution in [0, 0.1) is 0 Å². The Morgan fingerprint density at radius 2 is 1.39 bits per heavy atom. The number of aliphatic hydroxyl groups is 1. The zero-order chi connectivity index (χ0) is 12.8. The summed E-state index contributed by atoms with van der Waals surface area (Å²) in [5.74, 6) is 0. The summed E-state index contributed by atoms with van der Waals surface area (Å²) in [6, 6.07) is 20.5. The molecule has 3 N–H and O–H groups in total. The fourth-order valence-electron chi connectivity index (χ4n) is 2.04. The average molecular weight is 242 g/mol. The van der Waals surface area contributed by atoms with E-state index in [1.54, 1.807) is 0 Å². The third kappa shape index (κ3) is 3.42. The molecule has 0 unspecified atom stereocenters. The predicted molar refractivity (Wildman–Crippen MR) is 73.1 cm³/mol. The molecule has 2 nitrogen and oxygen atoms in total. The Labute approximate surface area is 108 Å². The van der Waals surface area contributed by atoms with Gasteiger partial charge in [-0.1, -0.05) is 60.7 Å². The van der Waals surface area contributed by atoms with E-state index in [2.05, 4.69) is 24.4 Å². The van der Waals surface area contributed by atoms with Crippen LogP contribution in [-0.4, -0.2) is 11.7 Å². The van der Waals surface area contributed by atoms with E-state index < -0.39 is 6.10 Å². The zero-order valence-electron chi connectivity index (χ0n) is 10.7. The Balaban J connectivity index is 1.89. The van der Waals surface area contributed by atoms with Gasteiger partial charge >= 0.3 is 0 Å². The Bertz CT molecular complexity index is 410. The summed E-state index contributed by atoms with van der Waals surface area (Å²) < 4.78 is 0. The van der Waals surface area contributed by atoms with Crippen LogP contribution in [0.1, 0.15) is 30.2 Å². The second-order valence-electron chi connectivity index (χ2n) is 4.60. The number of nitrogens with two attached hydrogens (primary N) is 1. The first-order chi connectivity index (χ1) is 8.77. The molecule has 0 heterocycles. The lowest BCUT2D eigenvalue weighted by molar-refractivity contribution is -0.699. The Morgan fingerprint density at radius 1 is 0.889 bits per heavy atom. The molecule has 0 spiro atoms. The molecule has 2 atom stereocenters. The first kappa shape index (κ1) is 12.8. The molecule has 0 aromatic heterocycles. The van der Waals surface area contributed by atoms with Crippen LogP contribution in [0.3, 0.4) is 0 Å². The van der Waals surface area contributed by atoms with Crippen LogP contribution in [0.5, 0.6) is 0 Å². The van der Waals surface area contributed by atoms with Gasteiger partial charge in [-0.25, -0.2) is 0 Å². The highest BCUT2D eigenvalue weighted by Crippen LogP contribution is 2.11. The second kappa shape index (κ2) is 6.34. The molecule has 0 aliphatic carbocycles. The molecule has 0 aliphatic rings. The summed E-state index contributed by atoms with van der Waals surface area (Å²) in [6.07, 6.45) is -0.405. The van der Waals surface area contributed by atoms with Gasteiger partial charge in [0.2, 0.25) is 0 Å². The van der Waals surface area contributed by atoms with Crippen molar-refractivity contribution in [3.63, 3.8) is 0 Å². The summed E-state index contributed by atoms with van der Waals surface area (Å²) in [5, 5.41) is 12.3. The van der Waals surface area contributed by atoms with Gasteiger partial charge in [-0.2, -0.15) is 0 Å². The normalized spacial score (nSPS) is 14.1. The minimum absolute atomic E-state index is 0.365. The third-order valence-corrected chi connectivity index (χ3v) is 3.22.